The molecule has 14 nitrogen and oxygen atoms in total. The van der Waals surface area contributed by atoms with E-state index in [1.807, 2.05) is 123 Å². The molecule has 1 aliphatic carbocycles. The number of fused-ring (bicyclic) bond motifs is 38. The van der Waals surface area contributed by atoms with Gasteiger partial charge in [-0.15, -0.1) is 178 Å². The first kappa shape index (κ1) is 93.6. The smallest absolute Gasteiger partial charge is 0.188 e. The fraction of sp³-hybridized carbons (Fsp3) is 0.125. The number of pyridine rings is 6. The van der Waals surface area contributed by atoms with Gasteiger partial charge in [0.1, 0.15) is 0 Å². The van der Waals surface area contributed by atoms with Gasteiger partial charge in [-0.25, -0.2) is 9.97 Å². The summed E-state index contributed by atoms with van der Waals surface area (Å²) in [4.78, 5) is 36.0. The van der Waals surface area contributed by atoms with Crippen molar-refractivity contribution in [3.63, 3.8) is 0 Å². The van der Waals surface area contributed by atoms with Crippen molar-refractivity contribution in [2.75, 3.05) is 0 Å². The molecule has 132 heavy (non-hydrogen) atoms. The van der Waals surface area contributed by atoms with E-state index in [1.54, 1.807) is 12.4 Å². The third kappa shape index (κ3) is 16.6. The Morgan fingerprint density at radius 1 is 0.265 bits per heavy atom. The third-order valence-electron chi connectivity index (χ3n) is 25.5. The quantitative estimate of drug-likeness (QED) is 0.124. The first-order valence-corrected chi connectivity index (χ1v) is 43.1. The Bertz CT molecular complexity index is 8870. The first-order chi connectivity index (χ1) is 61.8. The number of hydrogen-bond donors (Lipinski definition) is 0. The van der Waals surface area contributed by atoms with Crippen LogP contribution in [0.5, 0.6) is 0 Å². The number of hydrogen-bond acceptors (Lipinski definition) is 8. The minimum Gasteiger partial charge on any atom is -0.340 e. The maximum atomic E-state index is 4.67. The molecular weight excluding hydrogens is 2690 g/mol. The molecule has 26 aromatic rings. The molecule has 662 valence electrons. The number of aryl methyl sites for hydroxylation is 8. The molecule has 0 atom stereocenters. The second kappa shape index (κ2) is 39.3. The second-order valence-corrected chi connectivity index (χ2v) is 33.4. The molecule has 0 unspecified atom stereocenters. The van der Waals surface area contributed by atoms with Crippen LogP contribution in [0.2, 0.25) is 0 Å². The summed E-state index contributed by atoms with van der Waals surface area (Å²) < 4.78 is 12.9. The monoisotopic (exact) mass is 2780 g/mol. The van der Waals surface area contributed by atoms with Gasteiger partial charge in [-0.05, 0) is 181 Å². The number of rotatable bonds is 2. The summed E-state index contributed by atoms with van der Waals surface area (Å²) in [5.41, 5.74) is 28.7. The molecule has 0 saturated heterocycles. The van der Waals surface area contributed by atoms with Gasteiger partial charge in [-0.2, -0.15) is 0 Å². The molecule has 6 radical (unpaired) electrons. The van der Waals surface area contributed by atoms with E-state index in [1.165, 1.54) is 180 Å². The topological polar surface area (TPSA) is 130 Å². The molecule has 13 heterocycles. The standard InChI is InChI=1S/C23H17N2.C21H19N2.C18H11N4.2C17H13N2.C16H11N2.6Ir/c1-15-6-5-7-16(2)22(15)17-10-11-21-20(14-17)18-8-3-4-9-19(18)23-24-12-13-25(21)23;1-2-6-15(7-3-1)16-10-11-20-19(14-16)17-8-4-5-9-18(17)21-22-12-13-23(20)21;1-11-6-7-15-14(10-11)12-4-2-3-5-13(12)17-21-16-18(22(15)17)20-9-8-19-16;1-11-9-15-13-5-3-4-6-14(13)17-18-7-8-19(17)16(15)10-12(11)2;1-11-9-12(2)16-15(10-11)13-5-3-4-6-14(13)17-18-7-8-19(16)17;1-11-6-7-15-14(10-11)12-4-2-3-5-13(12)16-17-8-9-18(15)16;;;;;;/h3-8,10-14H,1-2H3;4-5,8,10-15H,1-3,6-7H2;2-4,6-10H,1H3;2*3-5,7-10H,1-2H3;2-4,6-10H,1H3;;;;;;/q6*-1;;;;;;. The maximum Gasteiger partial charge on any atom is 0.188 e. The Kier molecular flexibility index (Phi) is 27.8. The van der Waals surface area contributed by atoms with Gasteiger partial charge < -0.3 is 26.4 Å². The van der Waals surface area contributed by atoms with Crippen LogP contribution in [0.1, 0.15) is 88.1 Å². The molecular formula is C112H84Ir6N14-6. The predicted octanol–water partition coefficient (Wildman–Crippen LogP) is 26.8. The van der Waals surface area contributed by atoms with E-state index in [0.717, 1.165) is 88.7 Å². The molecule has 0 amide bonds. The zero-order valence-corrected chi connectivity index (χ0v) is 87.5. The minimum atomic E-state index is 0. The molecule has 1 aliphatic rings. The summed E-state index contributed by atoms with van der Waals surface area (Å²) in [5.74, 6) is 0.731. The molecule has 13 aromatic carbocycles. The van der Waals surface area contributed by atoms with Crippen LogP contribution in [0.25, 0.3) is 186 Å². The zero-order valence-electron chi connectivity index (χ0n) is 73.2. The first-order valence-electron chi connectivity index (χ1n) is 43.1. The van der Waals surface area contributed by atoms with E-state index in [0.29, 0.717) is 5.65 Å². The summed E-state index contributed by atoms with van der Waals surface area (Å²) in [6.07, 6.45) is 29.6. The normalized spacial score (nSPS) is 12.0. The van der Waals surface area contributed by atoms with Crippen molar-refractivity contribution in [2.45, 2.75) is 93.4 Å². The van der Waals surface area contributed by atoms with Crippen LogP contribution in [-0.4, -0.2) is 66.3 Å². The van der Waals surface area contributed by atoms with E-state index < -0.39 is 0 Å². The van der Waals surface area contributed by atoms with Crippen LogP contribution in [0.15, 0.2) is 299 Å². The van der Waals surface area contributed by atoms with Crippen LogP contribution in [-0.2, 0) is 121 Å². The van der Waals surface area contributed by atoms with Gasteiger partial charge in [0, 0.05) is 228 Å². The zero-order chi connectivity index (χ0) is 85.0. The van der Waals surface area contributed by atoms with E-state index in [9.17, 15) is 0 Å². The molecule has 0 spiro atoms. The third-order valence-corrected chi connectivity index (χ3v) is 25.5. The largest absolute Gasteiger partial charge is 0.340 e. The molecule has 13 aromatic heterocycles. The Morgan fingerprint density at radius 3 is 1.13 bits per heavy atom. The molecule has 0 bridgehead atoms. The van der Waals surface area contributed by atoms with Crippen molar-refractivity contribution >= 4 is 175 Å². The van der Waals surface area contributed by atoms with Gasteiger partial charge in [0.05, 0.1) is 33.9 Å². The fourth-order valence-electron chi connectivity index (χ4n) is 19.6. The predicted molar refractivity (Wildman–Crippen MR) is 516 cm³/mol. The van der Waals surface area contributed by atoms with Gasteiger partial charge in [-0.1, -0.05) is 153 Å². The van der Waals surface area contributed by atoms with Crippen LogP contribution >= 0.6 is 0 Å². The summed E-state index contributed by atoms with van der Waals surface area (Å²) in [5, 5.41) is 21.3. The van der Waals surface area contributed by atoms with E-state index >= 15 is 0 Å². The summed E-state index contributed by atoms with van der Waals surface area (Å²) in [6.45, 7) is 17.2. The Morgan fingerprint density at radius 2 is 0.636 bits per heavy atom. The van der Waals surface area contributed by atoms with E-state index in [4.69, 9.17) is 0 Å². The molecule has 20 heteroatoms. The van der Waals surface area contributed by atoms with E-state index in [2.05, 4.69) is 322 Å². The van der Waals surface area contributed by atoms with Gasteiger partial charge in [-0.3, -0.25) is 29.9 Å². The number of imidazole rings is 6. The van der Waals surface area contributed by atoms with Crippen molar-refractivity contribution in [2.24, 2.45) is 0 Å². The van der Waals surface area contributed by atoms with Gasteiger partial charge >= 0.3 is 0 Å². The average Bonchev–Trinajstić information content (AvgIpc) is 1.54. The molecule has 0 aliphatic heterocycles. The van der Waals surface area contributed by atoms with Crippen LogP contribution in [0.3, 0.4) is 0 Å². The van der Waals surface area contributed by atoms with Crippen molar-refractivity contribution < 1.29 is 121 Å². The summed E-state index contributed by atoms with van der Waals surface area (Å²) in [6, 6.07) is 99.1. The Hall–Kier alpha value is -11.6. The number of benzene rings is 13. The molecule has 1 saturated carbocycles. The minimum absolute atomic E-state index is 0. The van der Waals surface area contributed by atoms with Gasteiger partial charge in [0.2, 0.25) is 0 Å². The fourth-order valence-corrected chi connectivity index (χ4v) is 19.6. The van der Waals surface area contributed by atoms with Crippen molar-refractivity contribution in [1.29, 1.82) is 0 Å². The molecule has 0 N–H and O–H groups in total. The van der Waals surface area contributed by atoms with Gasteiger partial charge in [0.15, 0.2) is 11.3 Å². The Labute approximate surface area is 843 Å². The van der Waals surface area contributed by atoms with Crippen molar-refractivity contribution in [3.8, 4) is 11.1 Å². The van der Waals surface area contributed by atoms with Crippen molar-refractivity contribution in [3.05, 3.63) is 385 Å². The van der Waals surface area contributed by atoms with Crippen LogP contribution < -0.4 is 0 Å². The van der Waals surface area contributed by atoms with Crippen molar-refractivity contribution in [1.82, 2.24) is 66.3 Å². The average molecular weight is 2780 g/mol. The molecule has 1 fully saturated rings. The second-order valence-electron chi connectivity index (χ2n) is 33.4. The maximum absolute atomic E-state index is 4.67. The summed E-state index contributed by atoms with van der Waals surface area (Å²) >= 11 is 0. The van der Waals surface area contributed by atoms with Gasteiger partial charge in [0.25, 0.3) is 0 Å². The number of aromatic nitrogens is 14. The van der Waals surface area contributed by atoms with E-state index in [-0.39, 0.29) is 121 Å². The Balaban J connectivity index is 0.000000115. The van der Waals surface area contributed by atoms with Crippen LogP contribution in [0, 0.1) is 91.8 Å². The number of nitrogens with zero attached hydrogens (tertiary/aromatic N) is 14. The SMILES string of the molecule is Cc1cc(C)c2c(c1)c1ccc[c-]c1c1nccn12.Cc1cc2c3ccc[c-]c3c3nccn3c2cc1C.Cc1ccc2c(c1)c1ccc[c-]c1c1nc3nccnc3n21.Cc1ccc2c(c1)c1ccc[c-]c1c1nccn21.Cc1cccc(C)c1-c1ccc2c(c1)c1ccc[c-]c1c1nccn21.[Ir].[Ir].[Ir].[Ir].[Ir].[Ir].[c-]1cccc2c1c1nccn1c1ccc(C3CCCCC3)cc21. The van der Waals surface area contributed by atoms with Crippen LogP contribution in [0.4, 0.5) is 0 Å². The molecule has 27 rings (SSSR count). The summed E-state index contributed by atoms with van der Waals surface area (Å²) in [7, 11) is 0.